The molecule has 1 aromatic heterocycles. The highest BCUT2D eigenvalue weighted by molar-refractivity contribution is 9.10. The molecule has 1 heterocycles. The minimum atomic E-state index is -1.50. The summed E-state index contributed by atoms with van der Waals surface area (Å²) in [6, 6.07) is 3.54. The van der Waals surface area contributed by atoms with Gasteiger partial charge >= 0.3 is 0 Å². The quantitative estimate of drug-likeness (QED) is 0.774. The van der Waals surface area contributed by atoms with E-state index in [4.69, 9.17) is 10.5 Å². The normalized spacial score (nSPS) is 19.2. The first-order chi connectivity index (χ1) is 9.43. The number of aliphatic hydroxyl groups is 1. The van der Waals surface area contributed by atoms with Gasteiger partial charge in [0.2, 0.25) is 11.8 Å². The van der Waals surface area contributed by atoms with Gasteiger partial charge in [0.1, 0.15) is 4.60 Å². The summed E-state index contributed by atoms with van der Waals surface area (Å²) in [6.07, 6.45) is 2.27. The van der Waals surface area contributed by atoms with Crippen LogP contribution >= 0.6 is 15.9 Å². The number of aromatic nitrogens is 1. The maximum absolute atomic E-state index is 11.8. The maximum Gasteiger partial charge on any atom is 0.250 e. The molecule has 2 unspecified atom stereocenters. The summed E-state index contributed by atoms with van der Waals surface area (Å²) in [4.78, 5) is 16.0. The molecule has 1 fully saturated rings. The van der Waals surface area contributed by atoms with Gasteiger partial charge in [0.05, 0.1) is 7.11 Å². The molecule has 20 heavy (non-hydrogen) atoms. The Morgan fingerprint density at radius 1 is 1.65 bits per heavy atom. The van der Waals surface area contributed by atoms with E-state index in [2.05, 4.69) is 20.9 Å². The van der Waals surface area contributed by atoms with Crippen molar-refractivity contribution in [2.24, 2.45) is 11.7 Å². The summed E-state index contributed by atoms with van der Waals surface area (Å²) in [7, 11) is 1.53. The Hall–Kier alpha value is -1.14. The number of carbonyl (C=O) groups excluding carboxylic acids is 1. The van der Waals surface area contributed by atoms with Gasteiger partial charge in [-0.2, -0.15) is 0 Å². The van der Waals surface area contributed by atoms with E-state index in [0.29, 0.717) is 16.9 Å². The fraction of sp³-hybridized carbons (Fsp3) is 0.571. The van der Waals surface area contributed by atoms with Crippen molar-refractivity contribution in [3.63, 3.8) is 0 Å². The molecular formula is C14H19BrN2O3. The van der Waals surface area contributed by atoms with Crippen LogP contribution in [0, 0.1) is 5.92 Å². The summed E-state index contributed by atoms with van der Waals surface area (Å²) in [5.74, 6) is -0.627. The van der Waals surface area contributed by atoms with Gasteiger partial charge in [0, 0.05) is 12.0 Å². The zero-order chi connectivity index (χ0) is 14.9. The van der Waals surface area contributed by atoms with Gasteiger partial charge in [-0.15, -0.1) is 0 Å². The van der Waals surface area contributed by atoms with Crippen LogP contribution in [0.2, 0.25) is 0 Å². The van der Waals surface area contributed by atoms with Crippen LogP contribution in [0.25, 0.3) is 0 Å². The van der Waals surface area contributed by atoms with Crippen LogP contribution in [-0.4, -0.2) is 28.7 Å². The lowest BCUT2D eigenvalue weighted by molar-refractivity contribution is -0.141. The van der Waals surface area contributed by atoms with E-state index in [1.807, 2.05) is 6.92 Å². The summed E-state index contributed by atoms with van der Waals surface area (Å²) in [6.45, 7) is 1.93. The van der Waals surface area contributed by atoms with Crippen LogP contribution in [0.15, 0.2) is 16.7 Å². The van der Waals surface area contributed by atoms with E-state index in [0.717, 1.165) is 18.4 Å². The first kappa shape index (κ1) is 15.3. The second-order valence-electron chi connectivity index (χ2n) is 5.19. The van der Waals surface area contributed by atoms with Gasteiger partial charge < -0.3 is 15.6 Å². The number of ether oxygens (including phenoxy) is 1. The van der Waals surface area contributed by atoms with Crippen LogP contribution in [0.4, 0.5) is 0 Å². The number of carbonyl (C=O) groups is 1. The largest absolute Gasteiger partial charge is 0.481 e. The SMILES string of the molecule is CCC(c1cc(Br)nc(OC)c1)C(O)(C(N)=O)C1CC1. The summed E-state index contributed by atoms with van der Waals surface area (Å²) >= 11 is 3.32. The monoisotopic (exact) mass is 342 g/mol. The van der Waals surface area contributed by atoms with Crippen LogP contribution in [0.5, 0.6) is 5.88 Å². The van der Waals surface area contributed by atoms with Crippen molar-refractivity contribution in [3.05, 3.63) is 22.3 Å². The van der Waals surface area contributed by atoms with E-state index < -0.39 is 11.5 Å². The van der Waals surface area contributed by atoms with Crippen molar-refractivity contribution in [1.29, 1.82) is 0 Å². The van der Waals surface area contributed by atoms with Crippen molar-refractivity contribution in [3.8, 4) is 5.88 Å². The minimum Gasteiger partial charge on any atom is -0.481 e. The summed E-state index contributed by atoms with van der Waals surface area (Å²) < 4.78 is 5.75. The second-order valence-corrected chi connectivity index (χ2v) is 6.00. The van der Waals surface area contributed by atoms with Gasteiger partial charge in [0.15, 0.2) is 5.60 Å². The molecule has 0 aromatic carbocycles. The fourth-order valence-corrected chi connectivity index (χ4v) is 3.22. The first-order valence-electron chi connectivity index (χ1n) is 6.67. The Bertz CT molecular complexity index is 519. The molecule has 1 aliphatic carbocycles. The molecule has 0 spiro atoms. The van der Waals surface area contributed by atoms with Crippen LogP contribution in [0.1, 0.15) is 37.7 Å². The predicted octanol–water partition coefficient (Wildman–Crippen LogP) is 1.97. The summed E-state index contributed by atoms with van der Waals surface area (Å²) in [5.41, 5.74) is 4.79. The number of primary amides is 1. The van der Waals surface area contributed by atoms with E-state index in [1.165, 1.54) is 7.11 Å². The molecule has 1 aliphatic rings. The maximum atomic E-state index is 11.8. The number of methoxy groups -OCH3 is 1. The molecule has 0 saturated heterocycles. The number of nitrogens with zero attached hydrogens (tertiary/aromatic N) is 1. The van der Waals surface area contributed by atoms with Crippen molar-refractivity contribution in [2.75, 3.05) is 7.11 Å². The van der Waals surface area contributed by atoms with Crippen LogP contribution in [0.3, 0.4) is 0 Å². The van der Waals surface area contributed by atoms with Gasteiger partial charge in [0.25, 0.3) is 0 Å². The van der Waals surface area contributed by atoms with Crippen molar-refractivity contribution in [1.82, 2.24) is 4.98 Å². The molecule has 0 radical (unpaired) electrons. The van der Waals surface area contributed by atoms with E-state index in [1.54, 1.807) is 12.1 Å². The molecule has 0 bridgehead atoms. The Balaban J connectivity index is 2.45. The fourth-order valence-electron chi connectivity index (χ4n) is 2.78. The number of rotatable bonds is 6. The number of amides is 1. The molecule has 5 nitrogen and oxygen atoms in total. The first-order valence-corrected chi connectivity index (χ1v) is 7.46. The highest BCUT2D eigenvalue weighted by Gasteiger charge is 2.53. The number of hydrogen-bond donors (Lipinski definition) is 2. The van der Waals surface area contributed by atoms with Crippen molar-refractivity contribution < 1.29 is 14.6 Å². The number of halogens is 1. The molecule has 3 N–H and O–H groups in total. The third-order valence-corrected chi connectivity index (χ3v) is 4.34. The lowest BCUT2D eigenvalue weighted by Crippen LogP contribution is -2.50. The predicted molar refractivity (Wildman–Crippen MR) is 78.4 cm³/mol. The van der Waals surface area contributed by atoms with E-state index in [9.17, 15) is 9.90 Å². The molecule has 2 atom stereocenters. The van der Waals surface area contributed by atoms with Gasteiger partial charge in [-0.1, -0.05) is 6.92 Å². The number of pyridine rings is 1. The van der Waals surface area contributed by atoms with Crippen molar-refractivity contribution in [2.45, 2.75) is 37.7 Å². The number of hydrogen-bond acceptors (Lipinski definition) is 4. The third kappa shape index (κ3) is 2.67. The minimum absolute atomic E-state index is 0.0529. The Labute approximate surface area is 126 Å². The zero-order valence-electron chi connectivity index (χ0n) is 11.6. The molecule has 110 valence electrons. The van der Waals surface area contributed by atoms with E-state index >= 15 is 0 Å². The number of nitrogens with two attached hydrogens (primary N) is 1. The van der Waals surface area contributed by atoms with Crippen LogP contribution < -0.4 is 10.5 Å². The highest BCUT2D eigenvalue weighted by Crippen LogP contribution is 2.48. The lowest BCUT2D eigenvalue weighted by atomic mass is 9.76. The average molecular weight is 343 g/mol. The average Bonchev–Trinajstić information content (AvgIpc) is 3.22. The molecular weight excluding hydrogens is 324 g/mol. The second kappa shape index (κ2) is 5.69. The zero-order valence-corrected chi connectivity index (χ0v) is 13.2. The highest BCUT2D eigenvalue weighted by atomic mass is 79.9. The van der Waals surface area contributed by atoms with Crippen LogP contribution in [-0.2, 0) is 4.79 Å². The molecule has 1 amide bonds. The van der Waals surface area contributed by atoms with Gasteiger partial charge in [-0.25, -0.2) is 4.98 Å². The molecule has 6 heteroatoms. The van der Waals surface area contributed by atoms with Crippen molar-refractivity contribution >= 4 is 21.8 Å². The van der Waals surface area contributed by atoms with Gasteiger partial charge in [-0.05, 0) is 52.7 Å². The summed E-state index contributed by atoms with van der Waals surface area (Å²) in [5, 5.41) is 10.8. The lowest BCUT2D eigenvalue weighted by Gasteiger charge is -2.33. The Kier molecular flexibility index (Phi) is 4.34. The third-order valence-electron chi connectivity index (χ3n) is 3.94. The Morgan fingerprint density at radius 3 is 2.75 bits per heavy atom. The smallest absolute Gasteiger partial charge is 0.250 e. The standard InChI is InChI=1S/C14H19BrN2O3/c1-3-10(14(19,13(16)18)9-4-5-9)8-6-11(15)17-12(7-8)20-2/h6-7,9-10,19H,3-5H2,1-2H3,(H2,16,18). The molecule has 1 aromatic rings. The molecule has 2 rings (SSSR count). The Morgan fingerprint density at radius 2 is 2.30 bits per heavy atom. The van der Waals surface area contributed by atoms with Gasteiger partial charge in [-0.3, -0.25) is 4.79 Å². The topological polar surface area (TPSA) is 85.4 Å². The van der Waals surface area contributed by atoms with E-state index in [-0.39, 0.29) is 11.8 Å². The molecule has 0 aliphatic heterocycles. The molecule has 1 saturated carbocycles.